The van der Waals surface area contributed by atoms with E-state index in [9.17, 15) is 4.79 Å². The van der Waals surface area contributed by atoms with Crippen LogP contribution in [0.5, 0.6) is 11.5 Å². The highest BCUT2D eigenvalue weighted by molar-refractivity contribution is 5.79. The molecule has 1 aromatic heterocycles. The Morgan fingerprint density at radius 3 is 2.93 bits per heavy atom. The molecule has 0 aliphatic heterocycles. The van der Waals surface area contributed by atoms with Crippen molar-refractivity contribution in [3.05, 3.63) is 42.3 Å². The molecule has 0 bridgehead atoms. The third-order valence-corrected chi connectivity index (χ3v) is 1.68. The van der Waals surface area contributed by atoms with Gasteiger partial charge in [-0.05, 0) is 12.1 Å². The van der Waals surface area contributed by atoms with E-state index < -0.39 is 0 Å². The summed E-state index contributed by atoms with van der Waals surface area (Å²) in [5.41, 5.74) is 0.494. The Kier molecular flexibility index (Phi) is 2.27. The molecule has 0 saturated heterocycles. The van der Waals surface area contributed by atoms with Crippen LogP contribution < -0.4 is 4.74 Å². The molecule has 70 valence electrons. The zero-order valence-corrected chi connectivity index (χ0v) is 7.21. The fraction of sp³-hybridized carbons (Fsp3) is 0. The monoisotopic (exact) mass is 189 g/mol. The average Bonchev–Trinajstić information content (AvgIpc) is 2.71. The lowest BCUT2D eigenvalue weighted by Crippen LogP contribution is -1.88. The molecule has 1 heterocycles. The summed E-state index contributed by atoms with van der Waals surface area (Å²) in [7, 11) is 0. The fourth-order valence-electron chi connectivity index (χ4n) is 1.04. The SMILES string of the molecule is O=Cc1ccccc1Oc1cnoc1. The van der Waals surface area contributed by atoms with Crippen molar-refractivity contribution < 1.29 is 14.1 Å². The van der Waals surface area contributed by atoms with Crippen molar-refractivity contribution in [2.75, 3.05) is 0 Å². The number of hydrogen-bond acceptors (Lipinski definition) is 4. The molecular weight excluding hydrogens is 182 g/mol. The van der Waals surface area contributed by atoms with Gasteiger partial charge >= 0.3 is 0 Å². The number of aldehydes is 1. The summed E-state index contributed by atoms with van der Waals surface area (Å²) in [5, 5.41) is 3.49. The fourth-order valence-corrected chi connectivity index (χ4v) is 1.04. The van der Waals surface area contributed by atoms with E-state index in [0.717, 1.165) is 6.29 Å². The zero-order valence-electron chi connectivity index (χ0n) is 7.21. The quantitative estimate of drug-likeness (QED) is 0.695. The lowest BCUT2D eigenvalue weighted by Gasteiger charge is -2.03. The van der Waals surface area contributed by atoms with E-state index in [2.05, 4.69) is 9.68 Å². The van der Waals surface area contributed by atoms with Gasteiger partial charge in [-0.3, -0.25) is 4.79 Å². The zero-order chi connectivity index (χ0) is 9.80. The largest absolute Gasteiger partial charge is 0.451 e. The number of aromatic nitrogens is 1. The molecule has 0 saturated carbocycles. The summed E-state index contributed by atoms with van der Waals surface area (Å²) >= 11 is 0. The molecule has 0 unspecified atom stereocenters. The molecule has 0 spiro atoms. The van der Waals surface area contributed by atoms with Gasteiger partial charge in [0.1, 0.15) is 11.9 Å². The Morgan fingerprint density at radius 1 is 1.36 bits per heavy atom. The summed E-state index contributed by atoms with van der Waals surface area (Å²) in [6, 6.07) is 6.94. The summed E-state index contributed by atoms with van der Waals surface area (Å²) in [6.07, 6.45) is 3.53. The number of benzene rings is 1. The van der Waals surface area contributed by atoms with E-state index in [0.29, 0.717) is 17.1 Å². The Balaban J connectivity index is 2.28. The van der Waals surface area contributed by atoms with Gasteiger partial charge in [-0.1, -0.05) is 17.3 Å². The second-order valence-electron chi connectivity index (χ2n) is 2.62. The molecule has 0 atom stereocenters. The van der Waals surface area contributed by atoms with Crippen LogP contribution >= 0.6 is 0 Å². The third kappa shape index (κ3) is 1.64. The maximum atomic E-state index is 10.6. The van der Waals surface area contributed by atoms with Crippen molar-refractivity contribution >= 4 is 6.29 Å². The van der Waals surface area contributed by atoms with Crippen molar-refractivity contribution in [3.63, 3.8) is 0 Å². The van der Waals surface area contributed by atoms with E-state index in [1.165, 1.54) is 12.5 Å². The molecule has 0 aliphatic carbocycles. The first-order valence-corrected chi connectivity index (χ1v) is 4.01. The van der Waals surface area contributed by atoms with Crippen molar-refractivity contribution in [3.8, 4) is 11.5 Å². The molecular formula is C10H7NO3. The molecule has 0 aliphatic rings. The predicted molar refractivity (Wildman–Crippen MR) is 48.4 cm³/mol. The van der Waals surface area contributed by atoms with Gasteiger partial charge in [0.25, 0.3) is 0 Å². The van der Waals surface area contributed by atoms with Gasteiger partial charge < -0.3 is 9.26 Å². The Labute approximate surface area is 80.1 Å². The van der Waals surface area contributed by atoms with Gasteiger partial charge in [0.2, 0.25) is 0 Å². The summed E-state index contributed by atoms with van der Waals surface area (Å²) < 4.78 is 9.95. The molecule has 0 amide bonds. The van der Waals surface area contributed by atoms with Crippen molar-refractivity contribution in [1.29, 1.82) is 0 Å². The van der Waals surface area contributed by atoms with Crippen LogP contribution in [-0.4, -0.2) is 11.4 Å². The lowest BCUT2D eigenvalue weighted by atomic mass is 10.2. The van der Waals surface area contributed by atoms with Crippen LogP contribution in [0.4, 0.5) is 0 Å². The van der Waals surface area contributed by atoms with Gasteiger partial charge in [0, 0.05) is 0 Å². The van der Waals surface area contributed by atoms with E-state index in [-0.39, 0.29) is 0 Å². The van der Waals surface area contributed by atoms with E-state index in [1.54, 1.807) is 24.3 Å². The maximum absolute atomic E-state index is 10.6. The maximum Gasteiger partial charge on any atom is 0.186 e. The number of hydrogen-bond donors (Lipinski definition) is 0. The topological polar surface area (TPSA) is 52.3 Å². The number of carbonyl (C=O) groups excluding carboxylic acids is 1. The smallest absolute Gasteiger partial charge is 0.186 e. The second kappa shape index (κ2) is 3.74. The van der Waals surface area contributed by atoms with Gasteiger partial charge in [-0.2, -0.15) is 0 Å². The first-order chi connectivity index (χ1) is 6.90. The summed E-state index contributed by atoms with van der Waals surface area (Å²) in [6.45, 7) is 0. The van der Waals surface area contributed by atoms with Crippen LogP contribution in [0.25, 0.3) is 0 Å². The van der Waals surface area contributed by atoms with Crippen LogP contribution in [0.3, 0.4) is 0 Å². The minimum absolute atomic E-state index is 0.472. The molecule has 2 aromatic rings. The predicted octanol–water partition coefficient (Wildman–Crippen LogP) is 2.28. The van der Waals surface area contributed by atoms with E-state index in [4.69, 9.17) is 4.74 Å². The van der Waals surface area contributed by atoms with Crippen LogP contribution in [0.15, 0.2) is 41.2 Å². The molecule has 1 aromatic carbocycles. The highest BCUT2D eigenvalue weighted by Gasteiger charge is 2.03. The second-order valence-corrected chi connectivity index (χ2v) is 2.62. The van der Waals surface area contributed by atoms with Crippen molar-refractivity contribution in [1.82, 2.24) is 5.16 Å². The van der Waals surface area contributed by atoms with E-state index in [1.807, 2.05) is 0 Å². The third-order valence-electron chi connectivity index (χ3n) is 1.68. The number of carbonyl (C=O) groups is 1. The van der Waals surface area contributed by atoms with E-state index >= 15 is 0 Å². The Bertz CT molecular complexity index is 423. The molecule has 4 heteroatoms. The lowest BCUT2D eigenvalue weighted by molar-refractivity contribution is 0.112. The molecule has 0 fully saturated rings. The van der Waals surface area contributed by atoms with Crippen LogP contribution in [0, 0.1) is 0 Å². The highest BCUT2D eigenvalue weighted by Crippen LogP contribution is 2.23. The number of ether oxygens (including phenoxy) is 1. The molecule has 4 nitrogen and oxygen atoms in total. The first-order valence-electron chi connectivity index (χ1n) is 4.01. The van der Waals surface area contributed by atoms with Crippen LogP contribution in [-0.2, 0) is 0 Å². The van der Waals surface area contributed by atoms with Gasteiger partial charge in [-0.25, -0.2) is 0 Å². The number of rotatable bonds is 3. The normalized spacial score (nSPS) is 9.71. The highest BCUT2D eigenvalue weighted by atomic mass is 16.5. The average molecular weight is 189 g/mol. The summed E-state index contributed by atoms with van der Waals surface area (Å²) in [4.78, 5) is 10.6. The van der Waals surface area contributed by atoms with Gasteiger partial charge in [-0.15, -0.1) is 0 Å². The Hall–Kier alpha value is -2.10. The number of nitrogens with zero attached hydrogens (tertiary/aromatic N) is 1. The van der Waals surface area contributed by atoms with Crippen LogP contribution in [0.1, 0.15) is 10.4 Å². The van der Waals surface area contributed by atoms with Gasteiger partial charge in [0.05, 0.1) is 5.56 Å². The minimum atomic E-state index is 0.472. The Morgan fingerprint density at radius 2 is 2.21 bits per heavy atom. The van der Waals surface area contributed by atoms with Gasteiger partial charge in [0.15, 0.2) is 18.3 Å². The van der Waals surface area contributed by atoms with Crippen molar-refractivity contribution in [2.45, 2.75) is 0 Å². The van der Waals surface area contributed by atoms with Crippen molar-refractivity contribution in [2.24, 2.45) is 0 Å². The first kappa shape index (κ1) is 8.50. The standard InChI is InChI=1S/C10H7NO3/c12-6-8-3-1-2-4-10(8)14-9-5-11-13-7-9/h1-7H. The molecule has 0 N–H and O–H groups in total. The number of para-hydroxylation sites is 1. The molecule has 2 rings (SSSR count). The molecule has 0 radical (unpaired) electrons. The molecule has 14 heavy (non-hydrogen) atoms. The van der Waals surface area contributed by atoms with Crippen LogP contribution in [0.2, 0.25) is 0 Å². The minimum Gasteiger partial charge on any atom is -0.451 e. The summed E-state index contributed by atoms with van der Waals surface area (Å²) in [5.74, 6) is 0.963.